The monoisotopic (exact) mass is 254 g/mol. The number of fused-ring (bicyclic) bond motifs is 3. The van der Waals surface area contributed by atoms with Crippen LogP contribution in [0.2, 0.25) is 0 Å². The van der Waals surface area contributed by atoms with E-state index >= 15 is 0 Å². The van der Waals surface area contributed by atoms with Crippen molar-refractivity contribution in [1.82, 2.24) is 5.01 Å². The molecule has 2 aliphatic rings. The maximum atomic E-state index is 12.1. The Labute approximate surface area is 111 Å². The van der Waals surface area contributed by atoms with E-state index in [1.165, 1.54) is 0 Å². The summed E-state index contributed by atoms with van der Waals surface area (Å²) in [4.78, 5) is 12.1. The first-order valence-electron chi connectivity index (χ1n) is 6.30. The minimum atomic E-state index is -0.287. The third kappa shape index (κ3) is 1.95. The Balaban J connectivity index is 2.15. The molecule has 0 aromatic heterocycles. The molecular formula is C15H14N2O2. The van der Waals surface area contributed by atoms with E-state index in [-0.39, 0.29) is 5.97 Å². The number of carbonyl (C=O) groups excluding carboxylic acids is 1. The number of allylic oxidation sites excluding steroid dienone is 2. The van der Waals surface area contributed by atoms with Crippen LogP contribution >= 0.6 is 0 Å². The average Bonchev–Trinajstić information content (AvgIpc) is 2.46. The van der Waals surface area contributed by atoms with Gasteiger partial charge in [0.1, 0.15) is 0 Å². The molecular weight excluding hydrogens is 240 g/mol. The molecule has 4 heteroatoms. The number of hydrazone groups is 1. The number of benzene rings is 1. The van der Waals surface area contributed by atoms with Gasteiger partial charge < -0.3 is 4.74 Å². The van der Waals surface area contributed by atoms with Crippen molar-refractivity contribution >= 4 is 17.9 Å². The van der Waals surface area contributed by atoms with E-state index in [0.717, 1.165) is 23.4 Å². The molecule has 0 saturated heterocycles. The van der Waals surface area contributed by atoms with E-state index in [1.807, 2.05) is 42.3 Å². The fourth-order valence-electron chi connectivity index (χ4n) is 2.30. The second kappa shape index (κ2) is 4.72. The van der Waals surface area contributed by atoms with Crippen LogP contribution in [0.5, 0.6) is 0 Å². The van der Waals surface area contributed by atoms with Gasteiger partial charge in [0.15, 0.2) is 0 Å². The van der Waals surface area contributed by atoms with Crippen LogP contribution in [-0.4, -0.2) is 30.3 Å². The second-order valence-corrected chi connectivity index (χ2v) is 4.30. The van der Waals surface area contributed by atoms with Crippen molar-refractivity contribution in [3.8, 4) is 0 Å². The largest absolute Gasteiger partial charge is 0.462 e. The van der Waals surface area contributed by atoms with Crippen LogP contribution in [-0.2, 0) is 4.74 Å². The molecule has 0 radical (unpaired) electrons. The molecule has 2 aliphatic heterocycles. The van der Waals surface area contributed by atoms with Gasteiger partial charge in [-0.05, 0) is 19.1 Å². The Morgan fingerprint density at radius 3 is 3.21 bits per heavy atom. The minimum Gasteiger partial charge on any atom is -0.462 e. The highest BCUT2D eigenvalue weighted by Gasteiger charge is 2.24. The van der Waals surface area contributed by atoms with Gasteiger partial charge in [0.2, 0.25) is 0 Å². The molecule has 19 heavy (non-hydrogen) atoms. The van der Waals surface area contributed by atoms with Crippen molar-refractivity contribution in [2.75, 3.05) is 13.2 Å². The first-order chi connectivity index (χ1) is 9.31. The molecule has 0 N–H and O–H groups in total. The zero-order valence-corrected chi connectivity index (χ0v) is 10.7. The standard InChI is InChI=1S/C15H14N2O2/c1-2-19-15(18)12-7-5-6-11-10-16-17-9-4-3-8-13(17)14(11)12/h3-8,10H,2,9H2,1H3. The zero-order valence-electron chi connectivity index (χ0n) is 10.7. The smallest absolute Gasteiger partial charge is 0.338 e. The quantitative estimate of drug-likeness (QED) is 0.761. The fourth-order valence-corrected chi connectivity index (χ4v) is 2.30. The zero-order chi connectivity index (χ0) is 13.2. The van der Waals surface area contributed by atoms with Crippen LogP contribution in [0.1, 0.15) is 28.4 Å². The summed E-state index contributed by atoms with van der Waals surface area (Å²) in [5, 5.41) is 6.26. The predicted octanol–water partition coefficient (Wildman–Crippen LogP) is 2.42. The van der Waals surface area contributed by atoms with Gasteiger partial charge in [-0.3, -0.25) is 5.01 Å². The van der Waals surface area contributed by atoms with E-state index in [2.05, 4.69) is 5.10 Å². The lowest BCUT2D eigenvalue weighted by molar-refractivity contribution is 0.0525. The second-order valence-electron chi connectivity index (χ2n) is 4.30. The van der Waals surface area contributed by atoms with Gasteiger partial charge in [0.25, 0.3) is 0 Å². The number of carbonyl (C=O) groups is 1. The van der Waals surface area contributed by atoms with Gasteiger partial charge in [-0.15, -0.1) is 0 Å². The molecule has 4 nitrogen and oxygen atoms in total. The highest BCUT2D eigenvalue weighted by molar-refractivity contribution is 6.02. The number of rotatable bonds is 2. The Hall–Kier alpha value is -2.36. The molecule has 0 amide bonds. The predicted molar refractivity (Wildman–Crippen MR) is 73.8 cm³/mol. The SMILES string of the molecule is CCOC(=O)c1cccc2c1C1=CC=CCN1N=C2. The highest BCUT2D eigenvalue weighted by atomic mass is 16.5. The van der Waals surface area contributed by atoms with Crippen molar-refractivity contribution in [3.63, 3.8) is 0 Å². The van der Waals surface area contributed by atoms with Gasteiger partial charge in [0.05, 0.1) is 30.6 Å². The molecule has 0 unspecified atom stereocenters. The van der Waals surface area contributed by atoms with Gasteiger partial charge in [-0.1, -0.05) is 24.3 Å². The topological polar surface area (TPSA) is 41.9 Å². The van der Waals surface area contributed by atoms with Crippen molar-refractivity contribution < 1.29 is 9.53 Å². The van der Waals surface area contributed by atoms with E-state index in [9.17, 15) is 4.79 Å². The van der Waals surface area contributed by atoms with Crippen LogP contribution in [0, 0.1) is 0 Å². The summed E-state index contributed by atoms with van der Waals surface area (Å²) in [7, 11) is 0. The van der Waals surface area contributed by atoms with Gasteiger partial charge in [0, 0.05) is 11.1 Å². The average molecular weight is 254 g/mol. The summed E-state index contributed by atoms with van der Waals surface area (Å²) in [6.45, 7) is 2.90. The first kappa shape index (κ1) is 11.7. The van der Waals surface area contributed by atoms with E-state index in [0.29, 0.717) is 12.2 Å². The van der Waals surface area contributed by atoms with Crippen molar-refractivity contribution in [2.45, 2.75) is 6.92 Å². The molecule has 0 bridgehead atoms. The van der Waals surface area contributed by atoms with Gasteiger partial charge >= 0.3 is 5.97 Å². The van der Waals surface area contributed by atoms with Crippen LogP contribution in [0.4, 0.5) is 0 Å². The van der Waals surface area contributed by atoms with Gasteiger partial charge in [-0.2, -0.15) is 5.10 Å². The number of nitrogens with zero attached hydrogens (tertiary/aromatic N) is 2. The van der Waals surface area contributed by atoms with Gasteiger partial charge in [-0.25, -0.2) is 4.79 Å². The molecule has 2 heterocycles. The highest BCUT2D eigenvalue weighted by Crippen LogP contribution is 2.31. The molecule has 1 aromatic carbocycles. The summed E-state index contributed by atoms with van der Waals surface area (Å²) < 4.78 is 5.13. The maximum absolute atomic E-state index is 12.1. The lowest BCUT2D eigenvalue weighted by Gasteiger charge is -2.28. The third-order valence-corrected chi connectivity index (χ3v) is 3.13. The molecule has 0 fully saturated rings. The van der Waals surface area contributed by atoms with Crippen molar-refractivity contribution in [1.29, 1.82) is 0 Å². The molecule has 96 valence electrons. The first-order valence-corrected chi connectivity index (χ1v) is 6.30. The molecule has 1 aromatic rings. The number of ether oxygens (including phenoxy) is 1. The lowest BCUT2D eigenvalue weighted by atomic mass is 9.96. The summed E-state index contributed by atoms with van der Waals surface area (Å²) in [5.41, 5.74) is 3.39. The molecule has 3 rings (SSSR count). The fraction of sp³-hybridized carbons (Fsp3) is 0.200. The van der Waals surface area contributed by atoms with E-state index in [1.54, 1.807) is 12.3 Å². The number of esters is 1. The Morgan fingerprint density at radius 1 is 1.47 bits per heavy atom. The molecule has 0 spiro atoms. The summed E-state index contributed by atoms with van der Waals surface area (Å²) >= 11 is 0. The van der Waals surface area contributed by atoms with Crippen LogP contribution in [0.15, 0.2) is 41.5 Å². The maximum Gasteiger partial charge on any atom is 0.338 e. The van der Waals surface area contributed by atoms with Crippen molar-refractivity contribution in [3.05, 3.63) is 53.1 Å². The van der Waals surface area contributed by atoms with Crippen LogP contribution in [0.25, 0.3) is 5.70 Å². The van der Waals surface area contributed by atoms with E-state index in [4.69, 9.17) is 4.74 Å². The van der Waals surface area contributed by atoms with Crippen LogP contribution < -0.4 is 0 Å². The third-order valence-electron chi connectivity index (χ3n) is 3.13. The molecule has 0 atom stereocenters. The summed E-state index contributed by atoms with van der Waals surface area (Å²) in [5.74, 6) is -0.287. The molecule has 0 saturated carbocycles. The Kier molecular flexibility index (Phi) is 2.91. The number of hydrogen-bond acceptors (Lipinski definition) is 4. The number of hydrogen-bond donors (Lipinski definition) is 0. The summed E-state index contributed by atoms with van der Waals surface area (Å²) in [6.07, 6.45) is 7.77. The Morgan fingerprint density at radius 2 is 2.37 bits per heavy atom. The molecule has 0 aliphatic carbocycles. The lowest BCUT2D eigenvalue weighted by Crippen LogP contribution is -2.24. The van der Waals surface area contributed by atoms with Crippen LogP contribution in [0.3, 0.4) is 0 Å². The van der Waals surface area contributed by atoms with E-state index < -0.39 is 0 Å². The van der Waals surface area contributed by atoms with Crippen molar-refractivity contribution in [2.24, 2.45) is 5.10 Å². The minimum absolute atomic E-state index is 0.287. The summed E-state index contributed by atoms with van der Waals surface area (Å²) in [6, 6.07) is 5.61. The normalized spacial score (nSPS) is 15.6. The Bertz CT molecular complexity index is 615.